The Labute approximate surface area is 169 Å². The van der Waals surface area contributed by atoms with Gasteiger partial charge in [0.1, 0.15) is 0 Å². The lowest BCUT2D eigenvalue weighted by atomic mass is 10.0. The average molecular weight is 398 g/mol. The number of nitrogens with zero attached hydrogens (tertiary/aromatic N) is 1. The fraction of sp³-hybridized carbons (Fsp3) is 0.350. The highest BCUT2D eigenvalue weighted by Gasteiger charge is 2.11. The molecule has 0 aliphatic carbocycles. The first-order valence-electron chi connectivity index (χ1n) is 8.42. The summed E-state index contributed by atoms with van der Waals surface area (Å²) in [5, 5.41) is 2.96. The molecule has 0 saturated carbocycles. The summed E-state index contributed by atoms with van der Waals surface area (Å²) in [5.74, 6) is -0.0255. The first kappa shape index (κ1) is 24.4. The van der Waals surface area contributed by atoms with Crippen molar-refractivity contribution in [2.24, 2.45) is 5.73 Å². The van der Waals surface area contributed by atoms with Gasteiger partial charge < -0.3 is 16.0 Å². The molecule has 3 N–H and O–H groups in total. The van der Waals surface area contributed by atoms with E-state index in [1.54, 1.807) is 0 Å². The number of benzene rings is 2. The lowest BCUT2D eigenvalue weighted by Gasteiger charge is -2.15. The molecule has 26 heavy (non-hydrogen) atoms. The van der Waals surface area contributed by atoms with E-state index in [2.05, 4.69) is 36.3 Å². The minimum atomic E-state index is -0.268. The first-order valence-corrected chi connectivity index (χ1v) is 8.42. The molecule has 1 amide bonds. The van der Waals surface area contributed by atoms with Crippen LogP contribution in [0.1, 0.15) is 36.1 Å². The van der Waals surface area contributed by atoms with Gasteiger partial charge in [0.25, 0.3) is 0 Å². The lowest BCUT2D eigenvalue weighted by Crippen LogP contribution is -2.27. The third-order valence-corrected chi connectivity index (χ3v) is 4.11. The first-order chi connectivity index (χ1) is 11.6. The van der Waals surface area contributed by atoms with Gasteiger partial charge in [0.2, 0.25) is 5.91 Å². The molecule has 2 aromatic carbocycles. The van der Waals surface area contributed by atoms with E-state index >= 15 is 0 Å². The number of hydrogen-bond donors (Lipinski definition) is 2. The predicted molar refractivity (Wildman–Crippen MR) is 113 cm³/mol. The van der Waals surface area contributed by atoms with E-state index < -0.39 is 0 Å². The molecule has 0 fully saturated rings. The zero-order chi connectivity index (χ0) is 17.4. The Morgan fingerprint density at radius 1 is 1.08 bits per heavy atom. The number of halogens is 2. The number of carbonyl (C=O) groups is 1. The lowest BCUT2D eigenvalue weighted by molar-refractivity contribution is -0.121. The maximum absolute atomic E-state index is 12.1. The molecular weight excluding hydrogens is 369 g/mol. The van der Waals surface area contributed by atoms with Crippen molar-refractivity contribution in [3.63, 3.8) is 0 Å². The van der Waals surface area contributed by atoms with E-state index in [0.717, 1.165) is 24.2 Å². The van der Waals surface area contributed by atoms with E-state index in [0.29, 0.717) is 13.0 Å². The fourth-order valence-corrected chi connectivity index (χ4v) is 2.55. The van der Waals surface area contributed by atoms with Gasteiger partial charge in [-0.05, 0) is 30.3 Å². The second-order valence-electron chi connectivity index (χ2n) is 6.15. The second-order valence-corrected chi connectivity index (χ2v) is 6.15. The molecule has 4 nitrogen and oxygen atoms in total. The smallest absolute Gasteiger partial charge is 0.222 e. The van der Waals surface area contributed by atoms with Gasteiger partial charge in [-0.3, -0.25) is 4.79 Å². The number of amides is 1. The van der Waals surface area contributed by atoms with Crippen LogP contribution < -0.4 is 11.1 Å². The standard InChI is InChI=1S/C20H27N3O.2ClH/c1-3-23(2)15-17-9-7-8-16(12-17)14-22-20(24)13-19(21)18-10-5-4-6-11-18;;/h4-12,19H,3,13-15,21H2,1-2H3,(H,22,24);2*1H. The molecule has 2 aromatic rings. The average Bonchev–Trinajstić information content (AvgIpc) is 2.61. The van der Waals surface area contributed by atoms with Crippen LogP contribution in [-0.4, -0.2) is 24.4 Å². The summed E-state index contributed by atoms with van der Waals surface area (Å²) in [6.45, 7) is 4.60. The summed E-state index contributed by atoms with van der Waals surface area (Å²) in [4.78, 5) is 14.4. The van der Waals surface area contributed by atoms with Crippen LogP contribution in [0.3, 0.4) is 0 Å². The van der Waals surface area contributed by atoms with E-state index in [4.69, 9.17) is 5.73 Å². The monoisotopic (exact) mass is 397 g/mol. The summed E-state index contributed by atoms with van der Waals surface area (Å²) >= 11 is 0. The number of nitrogens with two attached hydrogens (primary N) is 1. The van der Waals surface area contributed by atoms with Gasteiger partial charge in [-0.1, -0.05) is 61.5 Å². The second kappa shape index (κ2) is 12.7. The van der Waals surface area contributed by atoms with Crippen LogP contribution in [0.2, 0.25) is 0 Å². The molecule has 6 heteroatoms. The Balaban J connectivity index is 0.00000312. The molecule has 1 unspecified atom stereocenters. The molecular formula is C20H29Cl2N3O. The quantitative estimate of drug-likeness (QED) is 0.713. The Morgan fingerprint density at radius 2 is 1.73 bits per heavy atom. The molecule has 0 heterocycles. The van der Waals surface area contributed by atoms with Gasteiger partial charge in [-0.2, -0.15) is 0 Å². The number of rotatable bonds is 8. The molecule has 1 atom stereocenters. The van der Waals surface area contributed by atoms with E-state index in [-0.39, 0.29) is 36.8 Å². The van der Waals surface area contributed by atoms with Gasteiger partial charge >= 0.3 is 0 Å². The third kappa shape index (κ3) is 8.19. The van der Waals surface area contributed by atoms with Crippen LogP contribution >= 0.6 is 24.8 Å². The summed E-state index contributed by atoms with van der Waals surface area (Å²) in [6.07, 6.45) is 0.294. The zero-order valence-electron chi connectivity index (χ0n) is 15.4. The number of nitrogens with one attached hydrogen (secondary N) is 1. The molecule has 2 rings (SSSR count). The number of carbonyl (C=O) groups excluding carboxylic acids is 1. The third-order valence-electron chi connectivity index (χ3n) is 4.11. The van der Waals surface area contributed by atoms with Crippen LogP contribution in [0.5, 0.6) is 0 Å². The molecule has 0 saturated heterocycles. The van der Waals surface area contributed by atoms with Crippen LogP contribution in [0.15, 0.2) is 54.6 Å². The molecule has 0 aliphatic heterocycles. The van der Waals surface area contributed by atoms with Gasteiger partial charge in [0, 0.05) is 25.6 Å². The summed E-state index contributed by atoms with van der Waals surface area (Å²) in [6, 6.07) is 17.8. The Bertz CT molecular complexity index is 653. The predicted octanol–water partition coefficient (Wildman–Crippen LogP) is 3.69. The van der Waals surface area contributed by atoms with E-state index in [9.17, 15) is 4.79 Å². The highest BCUT2D eigenvalue weighted by Crippen LogP contribution is 2.13. The highest BCUT2D eigenvalue weighted by molar-refractivity contribution is 5.85. The Morgan fingerprint density at radius 3 is 2.38 bits per heavy atom. The minimum Gasteiger partial charge on any atom is -0.352 e. The maximum Gasteiger partial charge on any atom is 0.222 e. The summed E-state index contributed by atoms with van der Waals surface area (Å²) in [5.41, 5.74) is 9.44. The van der Waals surface area contributed by atoms with Crippen molar-refractivity contribution in [1.82, 2.24) is 10.2 Å². The van der Waals surface area contributed by atoms with Crippen LogP contribution in [0.4, 0.5) is 0 Å². The van der Waals surface area contributed by atoms with Gasteiger partial charge in [-0.25, -0.2) is 0 Å². The van der Waals surface area contributed by atoms with E-state index in [1.165, 1.54) is 5.56 Å². The topological polar surface area (TPSA) is 58.4 Å². The van der Waals surface area contributed by atoms with Crippen molar-refractivity contribution in [2.75, 3.05) is 13.6 Å². The van der Waals surface area contributed by atoms with Crippen LogP contribution in [0, 0.1) is 0 Å². The maximum atomic E-state index is 12.1. The Kier molecular flexibility index (Phi) is 11.9. The largest absolute Gasteiger partial charge is 0.352 e. The van der Waals surface area contributed by atoms with Crippen LogP contribution in [-0.2, 0) is 17.9 Å². The number of hydrogen-bond acceptors (Lipinski definition) is 3. The van der Waals surface area contributed by atoms with Crippen molar-refractivity contribution in [3.05, 3.63) is 71.3 Å². The molecule has 0 aliphatic rings. The van der Waals surface area contributed by atoms with Crippen molar-refractivity contribution >= 4 is 30.7 Å². The summed E-state index contributed by atoms with van der Waals surface area (Å²) in [7, 11) is 2.10. The molecule has 0 spiro atoms. The van der Waals surface area contributed by atoms with Crippen molar-refractivity contribution in [3.8, 4) is 0 Å². The SMILES string of the molecule is CCN(C)Cc1cccc(CNC(=O)CC(N)c2ccccc2)c1.Cl.Cl. The molecule has 0 aromatic heterocycles. The Hall–Kier alpha value is -1.59. The highest BCUT2D eigenvalue weighted by atomic mass is 35.5. The van der Waals surface area contributed by atoms with Gasteiger partial charge in [-0.15, -0.1) is 24.8 Å². The molecule has 0 radical (unpaired) electrons. The molecule has 0 bridgehead atoms. The van der Waals surface area contributed by atoms with E-state index in [1.807, 2.05) is 42.5 Å². The fourth-order valence-electron chi connectivity index (χ4n) is 2.55. The molecule has 144 valence electrons. The van der Waals surface area contributed by atoms with Crippen molar-refractivity contribution in [1.29, 1.82) is 0 Å². The van der Waals surface area contributed by atoms with Crippen LogP contribution in [0.25, 0.3) is 0 Å². The normalized spacial score (nSPS) is 11.2. The summed E-state index contributed by atoms with van der Waals surface area (Å²) < 4.78 is 0. The van der Waals surface area contributed by atoms with Gasteiger partial charge in [0.05, 0.1) is 0 Å². The van der Waals surface area contributed by atoms with Gasteiger partial charge in [0.15, 0.2) is 0 Å². The minimum absolute atomic E-state index is 0. The van der Waals surface area contributed by atoms with Crippen molar-refractivity contribution in [2.45, 2.75) is 32.5 Å². The zero-order valence-corrected chi connectivity index (χ0v) is 17.0. The van der Waals surface area contributed by atoms with Crippen molar-refractivity contribution < 1.29 is 4.79 Å².